The Morgan fingerprint density at radius 1 is 0.963 bits per heavy atom. The normalized spacial score (nSPS) is 11.3. The molecule has 132 valence electrons. The molecule has 0 bridgehead atoms. The Morgan fingerprint density at radius 2 is 1.70 bits per heavy atom. The van der Waals surface area contributed by atoms with Crippen LogP contribution in [0.5, 0.6) is 0 Å². The molecule has 0 N–H and O–H groups in total. The summed E-state index contributed by atoms with van der Waals surface area (Å²) in [7, 11) is 0. The fourth-order valence-electron chi connectivity index (χ4n) is 2.87. The zero-order valence-electron chi connectivity index (χ0n) is 14.5. The first-order chi connectivity index (χ1) is 13.1. The van der Waals surface area contributed by atoms with Gasteiger partial charge in [-0.3, -0.25) is 9.36 Å². The molecule has 0 unspecified atom stereocenters. The van der Waals surface area contributed by atoms with Crippen LogP contribution in [0.2, 0.25) is 0 Å². The van der Waals surface area contributed by atoms with E-state index in [0.29, 0.717) is 17.1 Å². The molecule has 27 heavy (non-hydrogen) atoms. The second-order valence-corrected chi connectivity index (χ2v) is 5.98. The summed E-state index contributed by atoms with van der Waals surface area (Å²) < 4.78 is 15.4. The summed E-state index contributed by atoms with van der Waals surface area (Å²) >= 11 is 0. The molecule has 4 aromatic rings. The van der Waals surface area contributed by atoms with Crippen molar-refractivity contribution in [3.63, 3.8) is 0 Å². The molecule has 0 atom stereocenters. The van der Waals surface area contributed by atoms with Gasteiger partial charge in [-0.1, -0.05) is 36.4 Å². The highest BCUT2D eigenvalue weighted by Gasteiger charge is 2.14. The summed E-state index contributed by atoms with van der Waals surface area (Å²) in [6.45, 7) is 1.91. The third kappa shape index (κ3) is 3.13. The summed E-state index contributed by atoms with van der Waals surface area (Å²) in [6, 6.07) is 13.9. The van der Waals surface area contributed by atoms with E-state index in [-0.39, 0.29) is 22.5 Å². The van der Waals surface area contributed by atoms with Crippen molar-refractivity contribution in [2.75, 3.05) is 0 Å². The van der Waals surface area contributed by atoms with Crippen molar-refractivity contribution < 1.29 is 4.39 Å². The Hall–Kier alpha value is -3.67. The van der Waals surface area contributed by atoms with Crippen LogP contribution >= 0.6 is 0 Å². The van der Waals surface area contributed by atoms with E-state index in [1.807, 2.05) is 31.2 Å². The highest BCUT2D eigenvalue weighted by atomic mass is 19.1. The van der Waals surface area contributed by atoms with E-state index in [1.54, 1.807) is 30.4 Å². The lowest BCUT2D eigenvalue weighted by atomic mass is 10.2. The largest absolute Gasteiger partial charge is 0.286 e. The Labute approximate surface area is 154 Å². The molecule has 2 aromatic carbocycles. The van der Waals surface area contributed by atoms with Crippen LogP contribution in [0, 0.1) is 12.7 Å². The van der Waals surface area contributed by atoms with Gasteiger partial charge in [-0.15, -0.1) is 0 Å². The van der Waals surface area contributed by atoms with E-state index in [1.165, 1.54) is 23.0 Å². The first-order valence-corrected chi connectivity index (χ1v) is 8.37. The van der Waals surface area contributed by atoms with E-state index in [9.17, 15) is 9.18 Å². The van der Waals surface area contributed by atoms with E-state index in [0.717, 1.165) is 5.56 Å². The van der Waals surface area contributed by atoms with Crippen molar-refractivity contribution in [1.82, 2.24) is 19.5 Å². The molecule has 0 saturated carbocycles. The zero-order valence-corrected chi connectivity index (χ0v) is 14.5. The van der Waals surface area contributed by atoms with Gasteiger partial charge in [0.15, 0.2) is 11.2 Å². The van der Waals surface area contributed by atoms with Gasteiger partial charge in [0.05, 0.1) is 5.69 Å². The molecular weight excluding hydrogens is 343 g/mol. The van der Waals surface area contributed by atoms with Gasteiger partial charge in [0.25, 0.3) is 5.56 Å². The first-order valence-electron chi connectivity index (χ1n) is 8.37. The number of halogens is 1. The van der Waals surface area contributed by atoms with Crippen molar-refractivity contribution >= 4 is 23.3 Å². The van der Waals surface area contributed by atoms with Crippen LogP contribution in [0.3, 0.4) is 0 Å². The van der Waals surface area contributed by atoms with E-state index >= 15 is 0 Å². The molecular formula is C21H15FN4O. The minimum absolute atomic E-state index is 0.184. The Morgan fingerprint density at radius 3 is 2.52 bits per heavy atom. The Bertz CT molecular complexity index is 1230. The number of nitrogens with zero attached hydrogens (tertiary/aromatic N) is 4. The molecule has 0 aliphatic heterocycles. The molecule has 0 fully saturated rings. The van der Waals surface area contributed by atoms with Crippen LogP contribution in [0.25, 0.3) is 29.0 Å². The molecule has 4 rings (SSSR count). The smallest absolute Gasteiger partial charge is 0.266 e. The number of hydrogen-bond acceptors (Lipinski definition) is 4. The average Bonchev–Trinajstić information content (AvgIpc) is 2.68. The SMILES string of the molecule is Cc1ccccc1-n1c(C=Cc2ccccc2F)nc2nccnc2c1=O. The summed E-state index contributed by atoms with van der Waals surface area (Å²) in [5.41, 5.74) is 2.11. The molecule has 5 nitrogen and oxygen atoms in total. The van der Waals surface area contributed by atoms with Crippen molar-refractivity contribution in [3.05, 3.63) is 94.0 Å². The molecule has 0 radical (unpaired) electrons. The summed E-state index contributed by atoms with van der Waals surface area (Å²) in [6.07, 6.45) is 6.15. The number of benzene rings is 2. The maximum absolute atomic E-state index is 13.9. The number of rotatable bonds is 3. The maximum atomic E-state index is 13.9. The van der Waals surface area contributed by atoms with Gasteiger partial charge in [0.1, 0.15) is 11.6 Å². The predicted octanol–water partition coefficient (Wildman–Crippen LogP) is 3.79. The number of aromatic nitrogens is 4. The van der Waals surface area contributed by atoms with Crippen molar-refractivity contribution in [2.45, 2.75) is 6.92 Å². The average molecular weight is 358 g/mol. The van der Waals surface area contributed by atoms with E-state index in [2.05, 4.69) is 15.0 Å². The summed E-state index contributed by atoms with van der Waals surface area (Å²) in [5, 5.41) is 0. The van der Waals surface area contributed by atoms with Crippen LogP contribution in [-0.4, -0.2) is 19.5 Å². The van der Waals surface area contributed by atoms with Crippen LogP contribution in [0.4, 0.5) is 4.39 Å². The summed E-state index contributed by atoms with van der Waals surface area (Å²) in [4.78, 5) is 25.8. The molecule has 2 aromatic heterocycles. The molecule has 2 heterocycles. The lowest BCUT2D eigenvalue weighted by molar-refractivity contribution is 0.625. The minimum Gasteiger partial charge on any atom is -0.266 e. The van der Waals surface area contributed by atoms with Gasteiger partial charge in [-0.05, 0) is 36.8 Å². The topological polar surface area (TPSA) is 60.7 Å². The second-order valence-electron chi connectivity index (χ2n) is 5.98. The van der Waals surface area contributed by atoms with Gasteiger partial charge >= 0.3 is 0 Å². The van der Waals surface area contributed by atoms with Gasteiger partial charge in [-0.2, -0.15) is 0 Å². The third-order valence-electron chi connectivity index (χ3n) is 4.21. The van der Waals surface area contributed by atoms with Crippen LogP contribution in [0.15, 0.2) is 65.7 Å². The summed E-state index contributed by atoms with van der Waals surface area (Å²) in [5.74, 6) is 0.00433. The van der Waals surface area contributed by atoms with Gasteiger partial charge in [0, 0.05) is 18.0 Å². The first kappa shape index (κ1) is 16.8. The Kier molecular flexibility index (Phi) is 4.30. The van der Waals surface area contributed by atoms with Crippen molar-refractivity contribution in [1.29, 1.82) is 0 Å². The number of hydrogen-bond donors (Lipinski definition) is 0. The molecule has 0 saturated heterocycles. The lowest BCUT2D eigenvalue weighted by Crippen LogP contribution is -2.24. The molecule has 0 aliphatic rings. The van der Waals surface area contributed by atoms with Gasteiger partial charge in [0.2, 0.25) is 0 Å². The van der Waals surface area contributed by atoms with E-state index in [4.69, 9.17) is 0 Å². The van der Waals surface area contributed by atoms with Crippen molar-refractivity contribution in [2.24, 2.45) is 0 Å². The van der Waals surface area contributed by atoms with Crippen LogP contribution in [0.1, 0.15) is 17.0 Å². The van der Waals surface area contributed by atoms with Crippen LogP contribution in [-0.2, 0) is 0 Å². The molecule has 0 spiro atoms. The zero-order chi connectivity index (χ0) is 18.8. The highest BCUT2D eigenvalue weighted by Crippen LogP contribution is 2.17. The Balaban J connectivity index is 1.99. The van der Waals surface area contributed by atoms with Gasteiger partial charge in [-0.25, -0.2) is 19.3 Å². The van der Waals surface area contributed by atoms with Crippen molar-refractivity contribution in [3.8, 4) is 5.69 Å². The van der Waals surface area contributed by atoms with E-state index < -0.39 is 0 Å². The standard InChI is InChI=1S/C21H15FN4O/c1-14-6-2-5-9-17(14)26-18(11-10-15-7-3-4-8-16(15)22)25-20-19(21(26)27)23-12-13-24-20/h2-13H,1H3. The lowest BCUT2D eigenvalue weighted by Gasteiger charge is -2.12. The fourth-order valence-corrected chi connectivity index (χ4v) is 2.87. The minimum atomic E-state index is -0.348. The predicted molar refractivity (Wildman–Crippen MR) is 103 cm³/mol. The van der Waals surface area contributed by atoms with Gasteiger partial charge < -0.3 is 0 Å². The highest BCUT2D eigenvalue weighted by molar-refractivity contribution is 5.74. The number of aryl methyl sites for hydroxylation is 1. The number of fused-ring (bicyclic) bond motifs is 1. The van der Waals surface area contributed by atoms with Crippen LogP contribution < -0.4 is 5.56 Å². The number of para-hydroxylation sites is 1. The quantitative estimate of drug-likeness (QED) is 0.559. The second kappa shape index (κ2) is 6.92. The third-order valence-corrected chi connectivity index (χ3v) is 4.21. The maximum Gasteiger partial charge on any atom is 0.286 e. The fraction of sp³-hybridized carbons (Fsp3) is 0.0476. The molecule has 6 heteroatoms. The molecule has 0 amide bonds. The molecule has 0 aliphatic carbocycles. The monoisotopic (exact) mass is 358 g/mol.